The van der Waals surface area contributed by atoms with E-state index < -0.39 is 11.2 Å². The van der Waals surface area contributed by atoms with Crippen molar-refractivity contribution < 1.29 is 14.0 Å². The lowest BCUT2D eigenvalue weighted by Crippen LogP contribution is -2.37. The van der Waals surface area contributed by atoms with Crippen LogP contribution in [0.4, 0.5) is 15.8 Å². The predicted octanol–water partition coefficient (Wildman–Crippen LogP) is 2.62. The van der Waals surface area contributed by atoms with Crippen molar-refractivity contribution in [3.8, 4) is 0 Å². The van der Waals surface area contributed by atoms with Gasteiger partial charge in [0.15, 0.2) is 0 Å². The van der Waals surface area contributed by atoms with Gasteiger partial charge < -0.3 is 5.73 Å². The van der Waals surface area contributed by atoms with Crippen molar-refractivity contribution in [1.82, 2.24) is 0 Å². The number of amides is 2. The fourth-order valence-corrected chi connectivity index (χ4v) is 3.35. The molecule has 1 heterocycles. The van der Waals surface area contributed by atoms with Crippen LogP contribution in [-0.4, -0.2) is 11.8 Å². The van der Waals surface area contributed by atoms with Crippen LogP contribution in [0.1, 0.15) is 38.5 Å². The Labute approximate surface area is 116 Å². The highest BCUT2D eigenvalue weighted by Crippen LogP contribution is 2.46. The maximum Gasteiger partial charge on any atom is 0.240 e. The number of imide groups is 1. The highest BCUT2D eigenvalue weighted by atomic mass is 19.1. The smallest absolute Gasteiger partial charge is 0.240 e. The lowest BCUT2D eigenvalue weighted by molar-refractivity contribution is -0.127. The summed E-state index contributed by atoms with van der Waals surface area (Å²) < 4.78 is 13.2. The molecule has 2 amide bonds. The summed E-state index contributed by atoms with van der Waals surface area (Å²) in [7, 11) is 0. The molecular weight excluding hydrogens is 259 g/mol. The van der Waals surface area contributed by atoms with E-state index in [1.165, 1.54) is 23.1 Å². The van der Waals surface area contributed by atoms with Crippen LogP contribution in [0.25, 0.3) is 0 Å². The molecule has 1 aromatic rings. The van der Waals surface area contributed by atoms with Crippen molar-refractivity contribution >= 4 is 23.2 Å². The molecule has 2 N–H and O–H groups in total. The van der Waals surface area contributed by atoms with Gasteiger partial charge in [0.1, 0.15) is 5.82 Å². The number of hydrogen-bond donors (Lipinski definition) is 1. The molecular formula is C15H17FN2O2. The minimum atomic E-state index is -0.541. The Bertz CT molecular complexity index is 579. The molecule has 106 valence electrons. The van der Waals surface area contributed by atoms with Crippen molar-refractivity contribution in [2.45, 2.75) is 38.5 Å². The van der Waals surface area contributed by atoms with E-state index in [-0.39, 0.29) is 23.9 Å². The zero-order valence-corrected chi connectivity index (χ0v) is 11.2. The highest BCUT2D eigenvalue weighted by Gasteiger charge is 2.52. The third-order valence-electron chi connectivity index (χ3n) is 4.44. The first-order chi connectivity index (χ1) is 9.53. The molecule has 1 saturated heterocycles. The minimum Gasteiger partial charge on any atom is -0.396 e. The van der Waals surface area contributed by atoms with Gasteiger partial charge in [-0.25, -0.2) is 9.29 Å². The average molecular weight is 276 g/mol. The molecule has 1 aliphatic carbocycles. The number of benzene rings is 1. The van der Waals surface area contributed by atoms with Gasteiger partial charge in [0.25, 0.3) is 0 Å². The summed E-state index contributed by atoms with van der Waals surface area (Å²) in [6, 6.07) is 3.98. The zero-order valence-electron chi connectivity index (χ0n) is 11.2. The van der Waals surface area contributed by atoms with E-state index in [0.717, 1.165) is 32.1 Å². The van der Waals surface area contributed by atoms with Crippen molar-refractivity contribution in [3.05, 3.63) is 24.0 Å². The van der Waals surface area contributed by atoms with Crippen molar-refractivity contribution in [2.75, 3.05) is 10.6 Å². The van der Waals surface area contributed by atoms with Crippen LogP contribution >= 0.6 is 0 Å². The third-order valence-corrected chi connectivity index (χ3v) is 4.44. The monoisotopic (exact) mass is 276 g/mol. The van der Waals surface area contributed by atoms with Crippen molar-refractivity contribution in [1.29, 1.82) is 0 Å². The Hall–Kier alpha value is -1.91. The number of nitrogens with zero attached hydrogens (tertiary/aromatic N) is 1. The van der Waals surface area contributed by atoms with Gasteiger partial charge in [-0.15, -0.1) is 0 Å². The van der Waals surface area contributed by atoms with Gasteiger partial charge >= 0.3 is 0 Å². The van der Waals surface area contributed by atoms with E-state index in [0.29, 0.717) is 5.69 Å². The molecule has 1 aromatic carbocycles. The first-order valence-corrected chi connectivity index (χ1v) is 6.96. The van der Waals surface area contributed by atoms with Gasteiger partial charge in [-0.1, -0.05) is 19.3 Å². The maximum absolute atomic E-state index is 13.2. The van der Waals surface area contributed by atoms with Gasteiger partial charge in [0.2, 0.25) is 11.8 Å². The Morgan fingerprint density at radius 3 is 2.50 bits per heavy atom. The molecule has 1 spiro atoms. The van der Waals surface area contributed by atoms with Gasteiger partial charge in [-0.2, -0.15) is 0 Å². The molecule has 0 unspecified atom stereocenters. The quantitative estimate of drug-likeness (QED) is 0.633. The molecule has 20 heavy (non-hydrogen) atoms. The normalized spacial score (nSPS) is 21.8. The summed E-state index contributed by atoms with van der Waals surface area (Å²) in [6.45, 7) is 0. The number of nitrogen functional groups attached to an aromatic ring is 1. The first kappa shape index (κ1) is 13.1. The highest BCUT2D eigenvalue weighted by molar-refractivity contribution is 6.22. The SMILES string of the molecule is Nc1cc(N2C(=O)CC3(CCCCC3)C2=O)ccc1F. The Balaban J connectivity index is 1.95. The van der Waals surface area contributed by atoms with E-state index in [9.17, 15) is 14.0 Å². The van der Waals surface area contributed by atoms with Crippen molar-refractivity contribution in [3.63, 3.8) is 0 Å². The molecule has 2 fully saturated rings. The topological polar surface area (TPSA) is 63.4 Å². The van der Waals surface area contributed by atoms with Crippen LogP contribution < -0.4 is 10.6 Å². The summed E-state index contributed by atoms with van der Waals surface area (Å²) in [5.74, 6) is -0.892. The molecule has 1 saturated carbocycles. The van der Waals surface area contributed by atoms with Gasteiger partial charge in [-0.05, 0) is 31.0 Å². The van der Waals surface area contributed by atoms with E-state index in [4.69, 9.17) is 5.73 Å². The molecule has 0 bridgehead atoms. The lowest BCUT2D eigenvalue weighted by atomic mass is 9.73. The van der Waals surface area contributed by atoms with Crippen LogP contribution in [0.3, 0.4) is 0 Å². The van der Waals surface area contributed by atoms with Crippen LogP contribution in [0.15, 0.2) is 18.2 Å². The average Bonchev–Trinajstić information content (AvgIpc) is 2.66. The second-order valence-corrected chi connectivity index (χ2v) is 5.76. The summed E-state index contributed by atoms with van der Waals surface area (Å²) in [5, 5.41) is 0. The molecule has 0 aromatic heterocycles. The number of halogens is 1. The molecule has 0 atom stereocenters. The minimum absolute atomic E-state index is 0.0484. The van der Waals surface area contributed by atoms with Gasteiger partial charge in [-0.3, -0.25) is 9.59 Å². The predicted molar refractivity (Wildman–Crippen MR) is 73.4 cm³/mol. The number of anilines is 2. The second kappa shape index (κ2) is 4.58. The first-order valence-electron chi connectivity index (χ1n) is 6.96. The maximum atomic E-state index is 13.2. The molecule has 5 heteroatoms. The van der Waals surface area contributed by atoms with Crippen LogP contribution in [0, 0.1) is 11.2 Å². The summed E-state index contributed by atoms with van der Waals surface area (Å²) in [5.41, 5.74) is 5.32. The Morgan fingerprint density at radius 1 is 1.15 bits per heavy atom. The molecule has 4 nitrogen and oxygen atoms in total. The number of hydrogen-bond acceptors (Lipinski definition) is 3. The standard InChI is InChI=1S/C15H17FN2O2/c16-11-5-4-10(8-12(11)17)18-13(19)9-15(14(18)20)6-2-1-3-7-15/h4-5,8H,1-3,6-7,9,17H2. The largest absolute Gasteiger partial charge is 0.396 e. The van der Waals surface area contributed by atoms with Crippen molar-refractivity contribution in [2.24, 2.45) is 5.41 Å². The fourth-order valence-electron chi connectivity index (χ4n) is 3.35. The summed E-state index contributed by atoms with van der Waals surface area (Å²) in [4.78, 5) is 26.1. The Kier molecular flexibility index (Phi) is 3.00. The molecule has 3 rings (SSSR count). The number of carbonyl (C=O) groups excluding carboxylic acids is 2. The number of rotatable bonds is 1. The van der Waals surface area contributed by atoms with Gasteiger partial charge in [0, 0.05) is 6.42 Å². The van der Waals surface area contributed by atoms with E-state index >= 15 is 0 Å². The molecule has 2 aliphatic rings. The van der Waals surface area contributed by atoms with Crippen LogP contribution in [-0.2, 0) is 9.59 Å². The van der Waals surface area contributed by atoms with E-state index in [2.05, 4.69) is 0 Å². The summed E-state index contributed by atoms with van der Waals surface area (Å²) in [6.07, 6.45) is 4.89. The third kappa shape index (κ3) is 1.88. The van der Waals surface area contributed by atoms with E-state index in [1.54, 1.807) is 0 Å². The van der Waals surface area contributed by atoms with E-state index in [1.807, 2.05) is 0 Å². The zero-order chi connectivity index (χ0) is 14.3. The second-order valence-electron chi connectivity index (χ2n) is 5.76. The fraction of sp³-hybridized carbons (Fsp3) is 0.467. The van der Waals surface area contributed by atoms with Crippen LogP contribution in [0.2, 0.25) is 0 Å². The molecule has 1 aliphatic heterocycles. The number of carbonyl (C=O) groups is 2. The van der Waals surface area contributed by atoms with Crippen LogP contribution in [0.5, 0.6) is 0 Å². The lowest BCUT2D eigenvalue weighted by Gasteiger charge is -2.30. The number of nitrogens with two attached hydrogens (primary N) is 1. The summed E-state index contributed by atoms with van der Waals surface area (Å²) >= 11 is 0. The molecule has 0 radical (unpaired) electrons. The van der Waals surface area contributed by atoms with Gasteiger partial charge in [0.05, 0.1) is 16.8 Å². The Morgan fingerprint density at radius 2 is 1.85 bits per heavy atom.